The van der Waals surface area contributed by atoms with Gasteiger partial charge in [0.25, 0.3) is 0 Å². The first-order valence-corrected chi connectivity index (χ1v) is 9.69. The van der Waals surface area contributed by atoms with Crippen LogP contribution in [0.1, 0.15) is 26.7 Å². The predicted molar refractivity (Wildman–Crippen MR) is 102 cm³/mol. The molecule has 7 heteroatoms. The summed E-state index contributed by atoms with van der Waals surface area (Å²) in [6.45, 7) is 15.1. The van der Waals surface area contributed by atoms with Crippen molar-refractivity contribution in [1.29, 1.82) is 0 Å². The highest BCUT2D eigenvalue weighted by atomic mass is 16.5. The van der Waals surface area contributed by atoms with Gasteiger partial charge in [0.05, 0.1) is 26.4 Å². The highest BCUT2D eigenvalue weighted by Crippen LogP contribution is 2.14. The Hall–Kier alpha value is -0.890. The van der Waals surface area contributed by atoms with Gasteiger partial charge >= 0.3 is 0 Å². The molecule has 0 radical (unpaired) electrons. The van der Waals surface area contributed by atoms with Gasteiger partial charge < -0.3 is 20.1 Å². The molecule has 0 unspecified atom stereocenters. The third kappa shape index (κ3) is 7.48. The van der Waals surface area contributed by atoms with E-state index in [0.717, 1.165) is 78.1 Å². The average Bonchev–Trinajstić information content (AvgIpc) is 2.65. The number of guanidine groups is 1. The normalized spacial score (nSPS) is 21.3. The first-order chi connectivity index (χ1) is 12.1. The molecule has 0 spiro atoms. The number of hydrogen-bond acceptors (Lipinski definition) is 5. The van der Waals surface area contributed by atoms with Crippen molar-refractivity contribution < 1.29 is 9.47 Å². The summed E-state index contributed by atoms with van der Waals surface area (Å²) in [6, 6.07) is 0. The summed E-state index contributed by atoms with van der Waals surface area (Å²) in [5, 5.41) is 6.91. The molecule has 146 valence electrons. The quantitative estimate of drug-likeness (QED) is 0.373. The Balaban J connectivity index is 1.58. The van der Waals surface area contributed by atoms with Crippen molar-refractivity contribution in [3.8, 4) is 0 Å². The lowest BCUT2D eigenvalue weighted by Crippen LogP contribution is -2.56. The summed E-state index contributed by atoms with van der Waals surface area (Å²) in [6.07, 6.45) is 2.37. The average molecular weight is 356 g/mol. The molecule has 0 saturated carbocycles. The maximum atomic E-state index is 5.45. The van der Waals surface area contributed by atoms with Crippen LogP contribution in [0.2, 0.25) is 0 Å². The largest absolute Gasteiger partial charge is 0.379 e. The number of ether oxygens (including phenoxy) is 2. The molecule has 7 nitrogen and oxygen atoms in total. The van der Waals surface area contributed by atoms with Crippen LogP contribution in [0.15, 0.2) is 4.99 Å². The Morgan fingerprint density at radius 1 is 0.960 bits per heavy atom. The van der Waals surface area contributed by atoms with Gasteiger partial charge in [0.15, 0.2) is 5.96 Å². The monoisotopic (exact) mass is 355 g/mol. The Morgan fingerprint density at radius 2 is 1.60 bits per heavy atom. The van der Waals surface area contributed by atoms with Crippen LogP contribution >= 0.6 is 0 Å². The summed E-state index contributed by atoms with van der Waals surface area (Å²) >= 11 is 0. The molecule has 0 aromatic carbocycles. The molecule has 2 aliphatic heterocycles. The fourth-order valence-electron chi connectivity index (χ4n) is 3.29. The maximum Gasteiger partial charge on any atom is 0.191 e. The number of hydrogen-bond donors (Lipinski definition) is 2. The fourth-order valence-corrected chi connectivity index (χ4v) is 3.29. The molecule has 0 atom stereocenters. The molecule has 2 aliphatic rings. The van der Waals surface area contributed by atoms with Crippen LogP contribution in [0.4, 0.5) is 0 Å². The zero-order valence-corrected chi connectivity index (χ0v) is 16.4. The molecule has 0 aromatic rings. The molecular weight excluding hydrogens is 318 g/mol. The van der Waals surface area contributed by atoms with E-state index in [4.69, 9.17) is 9.47 Å². The van der Waals surface area contributed by atoms with E-state index in [1.165, 1.54) is 13.0 Å². The molecule has 25 heavy (non-hydrogen) atoms. The summed E-state index contributed by atoms with van der Waals surface area (Å²) in [4.78, 5) is 9.32. The van der Waals surface area contributed by atoms with Crippen LogP contribution in [-0.2, 0) is 9.47 Å². The van der Waals surface area contributed by atoms with Crippen molar-refractivity contribution >= 4 is 5.96 Å². The molecule has 2 saturated heterocycles. The minimum Gasteiger partial charge on any atom is -0.379 e. The van der Waals surface area contributed by atoms with E-state index < -0.39 is 0 Å². The molecule has 0 aromatic heterocycles. The SMILES string of the molecule is CN=C(NCCCCN1CCOCC1)NCC(C)(C)N1CCOCC1. The molecular formula is C18H37N5O2. The van der Waals surface area contributed by atoms with Crippen LogP contribution in [-0.4, -0.2) is 101 Å². The molecule has 2 rings (SSSR count). The Bertz CT molecular complexity index is 391. The van der Waals surface area contributed by atoms with E-state index in [2.05, 4.69) is 39.3 Å². The van der Waals surface area contributed by atoms with Crippen molar-refractivity contribution in [3.05, 3.63) is 0 Å². The van der Waals surface area contributed by atoms with Crippen molar-refractivity contribution in [2.45, 2.75) is 32.2 Å². The van der Waals surface area contributed by atoms with Gasteiger partial charge in [0.2, 0.25) is 0 Å². The number of aliphatic imine (C=N–C) groups is 1. The van der Waals surface area contributed by atoms with E-state index in [1.54, 1.807) is 0 Å². The molecule has 0 amide bonds. The van der Waals surface area contributed by atoms with E-state index in [0.29, 0.717) is 0 Å². The molecule has 2 fully saturated rings. The van der Waals surface area contributed by atoms with Crippen LogP contribution in [0.5, 0.6) is 0 Å². The van der Waals surface area contributed by atoms with Gasteiger partial charge in [-0.05, 0) is 33.2 Å². The Kier molecular flexibility index (Phi) is 8.95. The van der Waals surface area contributed by atoms with Crippen LogP contribution in [0.3, 0.4) is 0 Å². The zero-order valence-electron chi connectivity index (χ0n) is 16.4. The third-order valence-electron chi connectivity index (χ3n) is 5.08. The maximum absolute atomic E-state index is 5.45. The first kappa shape index (κ1) is 20.4. The van der Waals surface area contributed by atoms with E-state index in [1.807, 2.05) is 7.05 Å². The minimum absolute atomic E-state index is 0.0950. The summed E-state index contributed by atoms with van der Waals surface area (Å²) in [5.74, 6) is 0.896. The standard InChI is InChI=1S/C18H37N5O2/c1-18(2,23-10-14-25-15-11-23)16-21-17(19-3)20-6-4-5-7-22-8-12-24-13-9-22/h4-16H2,1-3H3,(H2,19,20,21). The van der Waals surface area contributed by atoms with Crippen LogP contribution < -0.4 is 10.6 Å². The topological polar surface area (TPSA) is 61.4 Å². The Morgan fingerprint density at radius 3 is 2.24 bits per heavy atom. The highest BCUT2D eigenvalue weighted by Gasteiger charge is 2.28. The fraction of sp³-hybridized carbons (Fsp3) is 0.944. The van der Waals surface area contributed by atoms with Gasteiger partial charge in [-0.15, -0.1) is 0 Å². The zero-order chi connectivity index (χ0) is 18.0. The van der Waals surface area contributed by atoms with Crippen LogP contribution in [0, 0.1) is 0 Å². The lowest BCUT2D eigenvalue weighted by Gasteiger charge is -2.41. The number of unbranched alkanes of at least 4 members (excludes halogenated alkanes) is 1. The lowest BCUT2D eigenvalue weighted by atomic mass is 10.0. The molecule has 0 bridgehead atoms. The van der Waals surface area contributed by atoms with Gasteiger partial charge in [-0.1, -0.05) is 0 Å². The Labute approximate surface area is 153 Å². The second-order valence-electron chi connectivity index (χ2n) is 7.43. The number of nitrogens with zero attached hydrogens (tertiary/aromatic N) is 3. The summed E-state index contributed by atoms with van der Waals surface area (Å²) in [5.41, 5.74) is 0.0950. The summed E-state index contributed by atoms with van der Waals surface area (Å²) in [7, 11) is 1.84. The van der Waals surface area contributed by atoms with Gasteiger partial charge in [-0.25, -0.2) is 0 Å². The minimum atomic E-state index is 0.0950. The molecule has 0 aliphatic carbocycles. The second kappa shape index (κ2) is 11.0. The van der Waals surface area contributed by atoms with Gasteiger partial charge in [-0.3, -0.25) is 14.8 Å². The smallest absolute Gasteiger partial charge is 0.191 e. The van der Waals surface area contributed by atoms with Crippen molar-refractivity contribution in [2.75, 3.05) is 79.3 Å². The van der Waals surface area contributed by atoms with Crippen LogP contribution in [0.25, 0.3) is 0 Å². The summed E-state index contributed by atoms with van der Waals surface area (Å²) < 4.78 is 10.8. The lowest BCUT2D eigenvalue weighted by molar-refractivity contribution is -0.00833. The van der Waals surface area contributed by atoms with E-state index >= 15 is 0 Å². The second-order valence-corrected chi connectivity index (χ2v) is 7.43. The predicted octanol–water partition coefficient (Wildman–Crippen LogP) is 0.375. The third-order valence-corrected chi connectivity index (χ3v) is 5.08. The van der Waals surface area contributed by atoms with Crippen molar-refractivity contribution in [3.63, 3.8) is 0 Å². The van der Waals surface area contributed by atoms with Gasteiger partial charge in [0, 0.05) is 51.9 Å². The number of nitrogens with one attached hydrogen (secondary N) is 2. The van der Waals surface area contributed by atoms with Gasteiger partial charge in [-0.2, -0.15) is 0 Å². The van der Waals surface area contributed by atoms with E-state index in [9.17, 15) is 0 Å². The van der Waals surface area contributed by atoms with Crippen molar-refractivity contribution in [1.82, 2.24) is 20.4 Å². The first-order valence-electron chi connectivity index (χ1n) is 9.69. The molecule has 2 N–H and O–H groups in total. The van der Waals surface area contributed by atoms with E-state index in [-0.39, 0.29) is 5.54 Å². The molecule has 2 heterocycles. The van der Waals surface area contributed by atoms with Gasteiger partial charge in [0.1, 0.15) is 0 Å². The highest BCUT2D eigenvalue weighted by molar-refractivity contribution is 5.79. The number of rotatable bonds is 8. The van der Waals surface area contributed by atoms with Crippen molar-refractivity contribution in [2.24, 2.45) is 4.99 Å². The number of morpholine rings is 2.